The number of benzene rings is 9. The largest absolute Gasteiger partial charge is 0.455 e. The van der Waals surface area contributed by atoms with Crippen LogP contribution < -0.4 is 0 Å². The van der Waals surface area contributed by atoms with Crippen LogP contribution in [0.25, 0.3) is 98.4 Å². The smallest absolute Gasteiger partial charge is 0.143 e. The molecule has 1 heterocycles. The van der Waals surface area contributed by atoms with Crippen molar-refractivity contribution < 1.29 is 4.42 Å². The Bertz CT molecular complexity index is 2780. The zero-order chi connectivity index (χ0) is 30.9. The molecule has 0 N–H and O–H groups in total. The summed E-state index contributed by atoms with van der Waals surface area (Å²) in [7, 11) is 0. The molecule has 1 heteroatoms. The van der Waals surface area contributed by atoms with E-state index in [1.807, 2.05) is 0 Å². The fraction of sp³-hybridized carbons (Fsp3) is 0. The Balaban J connectivity index is 1.39. The van der Waals surface area contributed by atoms with Gasteiger partial charge in [0.25, 0.3) is 0 Å². The number of hydrogen-bond donors (Lipinski definition) is 0. The van der Waals surface area contributed by atoms with Crippen molar-refractivity contribution in [2.45, 2.75) is 0 Å². The van der Waals surface area contributed by atoms with Gasteiger partial charge in [-0.2, -0.15) is 0 Å². The summed E-state index contributed by atoms with van der Waals surface area (Å²) in [5.41, 5.74) is 9.01. The topological polar surface area (TPSA) is 13.1 Å². The lowest BCUT2D eigenvalue weighted by atomic mass is 9.82. The third kappa shape index (κ3) is 3.84. The fourth-order valence-electron chi connectivity index (χ4n) is 7.84. The van der Waals surface area contributed by atoms with Crippen molar-refractivity contribution >= 4 is 65.0 Å². The maximum Gasteiger partial charge on any atom is 0.143 e. The molecule has 0 bridgehead atoms. The molecule has 0 saturated carbocycles. The van der Waals surface area contributed by atoms with Crippen molar-refractivity contribution in [2.24, 2.45) is 0 Å². The molecule has 0 unspecified atom stereocenters. The van der Waals surface area contributed by atoms with Gasteiger partial charge in [-0.1, -0.05) is 158 Å². The van der Waals surface area contributed by atoms with Gasteiger partial charge in [0.05, 0.1) is 0 Å². The van der Waals surface area contributed by atoms with Crippen LogP contribution in [0.1, 0.15) is 0 Å². The molecule has 218 valence electrons. The van der Waals surface area contributed by atoms with Crippen LogP contribution in [0.5, 0.6) is 0 Å². The summed E-state index contributed by atoms with van der Waals surface area (Å²) in [6.45, 7) is 0. The van der Waals surface area contributed by atoms with Crippen molar-refractivity contribution in [3.8, 4) is 33.4 Å². The van der Waals surface area contributed by atoms with Crippen LogP contribution in [-0.2, 0) is 0 Å². The summed E-state index contributed by atoms with van der Waals surface area (Å²) < 4.78 is 6.81. The number of para-hydroxylation sites is 1. The minimum absolute atomic E-state index is 0.905. The normalized spacial score (nSPS) is 11.8. The first-order valence-corrected chi connectivity index (χ1v) is 16.2. The second kappa shape index (κ2) is 10.2. The zero-order valence-electron chi connectivity index (χ0n) is 25.6. The molecule has 0 aliphatic heterocycles. The standard InChI is InChI=1S/C46H28O/c1-2-13-29(14-3-1)32-27-28-41-35-17-10-11-24-42(35)47-46(41)45(32)44-39-20-8-6-18-37(39)43(38-19-7-9-21-40(38)44)36-23-12-22-33-31-16-5-4-15-30(31)25-26-34(33)36/h1-28H. The van der Waals surface area contributed by atoms with Crippen LogP contribution in [-0.4, -0.2) is 0 Å². The summed E-state index contributed by atoms with van der Waals surface area (Å²) in [4.78, 5) is 0. The monoisotopic (exact) mass is 596 g/mol. The van der Waals surface area contributed by atoms with Crippen LogP contribution in [0.3, 0.4) is 0 Å². The van der Waals surface area contributed by atoms with E-state index in [1.165, 1.54) is 65.3 Å². The molecule has 0 aliphatic carbocycles. The molecule has 0 amide bonds. The quantitative estimate of drug-likeness (QED) is 0.146. The molecule has 1 aromatic heterocycles. The highest BCUT2D eigenvalue weighted by atomic mass is 16.3. The highest BCUT2D eigenvalue weighted by molar-refractivity contribution is 6.28. The van der Waals surface area contributed by atoms with Crippen molar-refractivity contribution in [1.82, 2.24) is 0 Å². The van der Waals surface area contributed by atoms with Gasteiger partial charge >= 0.3 is 0 Å². The summed E-state index contributed by atoms with van der Waals surface area (Å²) in [5.74, 6) is 0. The Morgan fingerprint density at radius 1 is 0.277 bits per heavy atom. The molecule has 47 heavy (non-hydrogen) atoms. The highest BCUT2D eigenvalue weighted by Crippen LogP contribution is 2.50. The third-order valence-corrected chi connectivity index (χ3v) is 9.87. The maximum absolute atomic E-state index is 6.81. The van der Waals surface area contributed by atoms with Gasteiger partial charge in [-0.15, -0.1) is 0 Å². The Kier molecular flexibility index (Phi) is 5.64. The van der Waals surface area contributed by atoms with E-state index >= 15 is 0 Å². The van der Waals surface area contributed by atoms with E-state index in [0.717, 1.165) is 33.1 Å². The summed E-state index contributed by atoms with van der Waals surface area (Å²) >= 11 is 0. The van der Waals surface area contributed by atoms with Crippen LogP contribution >= 0.6 is 0 Å². The third-order valence-electron chi connectivity index (χ3n) is 9.87. The first-order valence-electron chi connectivity index (χ1n) is 16.2. The number of fused-ring (bicyclic) bond motifs is 8. The van der Waals surface area contributed by atoms with Gasteiger partial charge < -0.3 is 4.42 Å². The maximum atomic E-state index is 6.81. The van der Waals surface area contributed by atoms with E-state index < -0.39 is 0 Å². The first kappa shape index (κ1) is 26.1. The Morgan fingerprint density at radius 2 is 0.851 bits per heavy atom. The molecular formula is C46H28O. The fourth-order valence-corrected chi connectivity index (χ4v) is 7.84. The van der Waals surface area contributed by atoms with E-state index in [1.54, 1.807) is 0 Å². The molecule has 0 aliphatic rings. The van der Waals surface area contributed by atoms with E-state index in [4.69, 9.17) is 4.42 Å². The molecule has 0 fully saturated rings. The van der Waals surface area contributed by atoms with Gasteiger partial charge in [0, 0.05) is 21.9 Å². The summed E-state index contributed by atoms with van der Waals surface area (Å²) in [5, 5.41) is 12.2. The lowest BCUT2D eigenvalue weighted by molar-refractivity contribution is 0.670. The predicted molar refractivity (Wildman–Crippen MR) is 200 cm³/mol. The van der Waals surface area contributed by atoms with Crippen molar-refractivity contribution in [3.05, 3.63) is 170 Å². The lowest BCUT2D eigenvalue weighted by Gasteiger charge is -2.21. The number of hydrogen-bond acceptors (Lipinski definition) is 1. The highest BCUT2D eigenvalue weighted by Gasteiger charge is 2.24. The molecule has 0 saturated heterocycles. The van der Waals surface area contributed by atoms with Gasteiger partial charge in [-0.25, -0.2) is 0 Å². The van der Waals surface area contributed by atoms with E-state index in [-0.39, 0.29) is 0 Å². The van der Waals surface area contributed by atoms with Crippen molar-refractivity contribution in [2.75, 3.05) is 0 Å². The Hall–Kier alpha value is -6.18. The van der Waals surface area contributed by atoms with Crippen LogP contribution in [0.2, 0.25) is 0 Å². The van der Waals surface area contributed by atoms with Crippen LogP contribution in [0.15, 0.2) is 174 Å². The molecule has 9 aromatic carbocycles. The SMILES string of the molecule is c1ccc(-c2ccc3c(oc4ccccc43)c2-c2c3ccccc3c(-c3cccc4c3ccc3ccccc34)c3ccccc23)cc1. The Labute approximate surface area is 271 Å². The van der Waals surface area contributed by atoms with Gasteiger partial charge in [-0.05, 0) is 77.5 Å². The molecule has 1 nitrogen and oxygen atoms in total. The zero-order valence-corrected chi connectivity index (χ0v) is 25.6. The Morgan fingerprint density at radius 3 is 1.60 bits per heavy atom. The van der Waals surface area contributed by atoms with E-state index in [0.29, 0.717) is 0 Å². The second-order valence-electron chi connectivity index (χ2n) is 12.4. The summed E-state index contributed by atoms with van der Waals surface area (Å²) in [6, 6.07) is 61.5. The van der Waals surface area contributed by atoms with Crippen LogP contribution in [0, 0.1) is 0 Å². The molecule has 0 spiro atoms. The van der Waals surface area contributed by atoms with Crippen molar-refractivity contribution in [1.29, 1.82) is 0 Å². The second-order valence-corrected chi connectivity index (χ2v) is 12.4. The van der Waals surface area contributed by atoms with E-state index in [9.17, 15) is 0 Å². The average Bonchev–Trinajstić information content (AvgIpc) is 3.53. The summed E-state index contributed by atoms with van der Waals surface area (Å²) in [6.07, 6.45) is 0. The minimum atomic E-state index is 0.905. The van der Waals surface area contributed by atoms with E-state index in [2.05, 4.69) is 170 Å². The van der Waals surface area contributed by atoms with Crippen LogP contribution in [0.4, 0.5) is 0 Å². The van der Waals surface area contributed by atoms with Gasteiger partial charge in [-0.3, -0.25) is 0 Å². The van der Waals surface area contributed by atoms with Gasteiger partial charge in [0.2, 0.25) is 0 Å². The number of furan rings is 1. The molecule has 10 rings (SSSR count). The predicted octanol–water partition coefficient (Wildman–Crippen LogP) is 13.2. The van der Waals surface area contributed by atoms with Gasteiger partial charge in [0.1, 0.15) is 11.2 Å². The van der Waals surface area contributed by atoms with Gasteiger partial charge in [0.15, 0.2) is 0 Å². The minimum Gasteiger partial charge on any atom is -0.455 e. The molecule has 10 aromatic rings. The first-order chi connectivity index (χ1) is 23.3. The lowest BCUT2D eigenvalue weighted by Crippen LogP contribution is -1.94. The molecule has 0 radical (unpaired) electrons. The number of rotatable bonds is 3. The molecular weight excluding hydrogens is 569 g/mol. The van der Waals surface area contributed by atoms with Crippen molar-refractivity contribution in [3.63, 3.8) is 0 Å². The molecule has 0 atom stereocenters. The average molecular weight is 597 g/mol.